The summed E-state index contributed by atoms with van der Waals surface area (Å²) >= 11 is 1.71. The molecule has 0 unspecified atom stereocenters. The minimum absolute atomic E-state index is 0.0351. The van der Waals surface area contributed by atoms with Gasteiger partial charge in [0.25, 0.3) is 5.91 Å². The largest absolute Gasteiger partial charge is 0.355 e. The van der Waals surface area contributed by atoms with Crippen molar-refractivity contribution in [2.45, 2.75) is 24.7 Å². The van der Waals surface area contributed by atoms with Gasteiger partial charge in [-0.15, -0.1) is 11.8 Å². The van der Waals surface area contributed by atoms with E-state index >= 15 is 0 Å². The van der Waals surface area contributed by atoms with E-state index in [0.717, 1.165) is 54.5 Å². The van der Waals surface area contributed by atoms with Gasteiger partial charge in [0.15, 0.2) is 0 Å². The van der Waals surface area contributed by atoms with Crippen molar-refractivity contribution < 1.29 is 4.79 Å². The summed E-state index contributed by atoms with van der Waals surface area (Å²) in [7, 11) is 0. The Bertz CT molecular complexity index is 687. The lowest BCUT2D eigenvalue weighted by Crippen LogP contribution is -2.39. The van der Waals surface area contributed by atoms with Gasteiger partial charge >= 0.3 is 0 Å². The van der Waals surface area contributed by atoms with Crippen molar-refractivity contribution in [1.82, 2.24) is 15.3 Å². The molecule has 1 aliphatic heterocycles. The lowest BCUT2D eigenvalue weighted by molar-refractivity contribution is 0.0942. The van der Waals surface area contributed by atoms with E-state index in [4.69, 9.17) is 0 Å². The summed E-state index contributed by atoms with van der Waals surface area (Å²) in [6, 6.07) is 7.83. The first-order valence-electron chi connectivity index (χ1n) is 8.79. The molecule has 0 radical (unpaired) electrons. The van der Waals surface area contributed by atoms with Gasteiger partial charge in [0.05, 0.1) is 11.8 Å². The van der Waals surface area contributed by atoms with Crippen LogP contribution < -0.4 is 10.2 Å². The molecule has 1 saturated heterocycles. The third-order valence-electron chi connectivity index (χ3n) is 4.47. The molecule has 1 aliphatic rings. The number of nitrogens with one attached hydrogen (secondary N) is 1. The number of carbonyl (C=O) groups excluding carboxylic acids is 1. The predicted molar refractivity (Wildman–Crippen MR) is 102 cm³/mol. The van der Waals surface area contributed by atoms with Gasteiger partial charge in [0.2, 0.25) is 0 Å². The molecule has 6 heteroatoms. The van der Waals surface area contributed by atoms with Crippen molar-refractivity contribution in [2.75, 3.05) is 30.3 Å². The van der Waals surface area contributed by atoms with Crippen molar-refractivity contribution >= 4 is 23.5 Å². The Labute approximate surface area is 153 Å². The van der Waals surface area contributed by atoms with Crippen LogP contribution in [0, 0.1) is 5.92 Å². The summed E-state index contributed by atoms with van der Waals surface area (Å²) in [6.45, 7) is 4.76. The first-order valence-corrected chi connectivity index (χ1v) is 9.77. The quantitative estimate of drug-likeness (QED) is 0.805. The second kappa shape index (κ2) is 8.85. The summed E-state index contributed by atoms with van der Waals surface area (Å²) < 4.78 is 0. The van der Waals surface area contributed by atoms with Gasteiger partial charge in [-0.3, -0.25) is 9.78 Å². The topological polar surface area (TPSA) is 58.1 Å². The summed E-state index contributed by atoms with van der Waals surface area (Å²) in [6.07, 6.45) is 7.35. The Morgan fingerprint density at radius 1 is 1.28 bits per heavy atom. The molecule has 2 aromatic rings. The summed E-state index contributed by atoms with van der Waals surface area (Å²) in [5.74, 6) is 2.46. The van der Waals surface area contributed by atoms with Crippen LogP contribution in [0.5, 0.6) is 0 Å². The molecule has 5 nitrogen and oxygen atoms in total. The smallest absolute Gasteiger partial charge is 0.252 e. The van der Waals surface area contributed by atoms with Gasteiger partial charge in [-0.05, 0) is 36.6 Å². The number of benzene rings is 1. The van der Waals surface area contributed by atoms with E-state index in [1.165, 1.54) is 0 Å². The average molecular weight is 356 g/mol. The summed E-state index contributed by atoms with van der Waals surface area (Å²) in [4.78, 5) is 24.3. The molecule has 132 valence electrons. The van der Waals surface area contributed by atoms with Crippen LogP contribution in [-0.2, 0) is 0 Å². The minimum Gasteiger partial charge on any atom is -0.355 e. The number of thioether (sulfide) groups is 1. The maximum Gasteiger partial charge on any atom is 0.252 e. The minimum atomic E-state index is 0.0351. The lowest BCUT2D eigenvalue weighted by Gasteiger charge is -2.32. The Morgan fingerprint density at radius 3 is 2.80 bits per heavy atom. The van der Waals surface area contributed by atoms with Crippen molar-refractivity contribution in [3.63, 3.8) is 0 Å². The zero-order valence-corrected chi connectivity index (χ0v) is 15.3. The molecule has 1 N–H and O–H groups in total. The highest BCUT2D eigenvalue weighted by Crippen LogP contribution is 2.23. The lowest BCUT2D eigenvalue weighted by atomic mass is 9.96. The van der Waals surface area contributed by atoms with E-state index in [1.807, 2.05) is 30.5 Å². The molecule has 25 heavy (non-hydrogen) atoms. The van der Waals surface area contributed by atoms with Crippen molar-refractivity contribution in [3.05, 3.63) is 48.4 Å². The maximum absolute atomic E-state index is 12.5. The van der Waals surface area contributed by atoms with Crippen LogP contribution in [-0.4, -0.2) is 41.3 Å². The third-order valence-corrected chi connectivity index (χ3v) is 5.43. The number of amides is 1. The molecular weight excluding hydrogens is 332 g/mol. The van der Waals surface area contributed by atoms with Gasteiger partial charge in [-0.1, -0.05) is 19.1 Å². The molecule has 0 bridgehead atoms. The van der Waals surface area contributed by atoms with Crippen molar-refractivity contribution in [1.29, 1.82) is 0 Å². The van der Waals surface area contributed by atoms with Gasteiger partial charge in [0.1, 0.15) is 5.82 Å². The zero-order valence-electron chi connectivity index (χ0n) is 14.5. The first-order chi connectivity index (χ1) is 12.3. The number of aromatic nitrogens is 2. The highest BCUT2D eigenvalue weighted by atomic mass is 32.2. The number of carbonyl (C=O) groups is 1. The summed E-state index contributed by atoms with van der Waals surface area (Å²) in [5.41, 5.74) is 0.784. The van der Waals surface area contributed by atoms with Crippen LogP contribution in [0.3, 0.4) is 0 Å². The van der Waals surface area contributed by atoms with Crippen LogP contribution in [0.2, 0.25) is 0 Å². The van der Waals surface area contributed by atoms with Gasteiger partial charge in [-0.25, -0.2) is 4.98 Å². The molecule has 0 aliphatic carbocycles. The second-order valence-corrected chi connectivity index (χ2v) is 7.44. The molecule has 0 spiro atoms. The highest BCUT2D eigenvalue weighted by Gasteiger charge is 2.21. The standard InChI is InChI=1S/C19H24N4OS/c1-2-25-17-6-4-3-5-16(17)19(24)22-13-15-7-11-23(12-8-15)18-14-20-9-10-21-18/h3-6,9-10,14-15H,2,7-8,11-13H2,1H3,(H,22,24). The second-order valence-electron chi connectivity index (χ2n) is 6.13. The Morgan fingerprint density at radius 2 is 2.08 bits per heavy atom. The summed E-state index contributed by atoms with van der Waals surface area (Å²) in [5, 5.41) is 3.12. The third kappa shape index (κ3) is 4.72. The molecule has 0 atom stereocenters. The molecule has 1 amide bonds. The van der Waals surface area contributed by atoms with E-state index in [-0.39, 0.29) is 5.91 Å². The molecule has 3 rings (SSSR count). The maximum atomic E-state index is 12.5. The molecular formula is C19H24N4OS. The van der Waals surface area contributed by atoms with Crippen molar-refractivity contribution in [3.8, 4) is 0 Å². The van der Waals surface area contributed by atoms with Crippen LogP contribution >= 0.6 is 11.8 Å². The Kier molecular flexibility index (Phi) is 6.28. The number of anilines is 1. The van der Waals surface area contributed by atoms with E-state index in [1.54, 1.807) is 24.2 Å². The average Bonchev–Trinajstić information content (AvgIpc) is 2.68. The predicted octanol–water partition coefficient (Wildman–Crippen LogP) is 3.24. The SMILES string of the molecule is CCSc1ccccc1C(=O)NCC1CCN(c2cnccn2)CC1. The fraction of sp³-hybridized carbons (Fsp3) is 0.421. The van der Waals surface area contributed by atoms with Crippen LogP contribution in [0.4, 0.5) is 5.82 Å². The van der Waals surface area contributed by atoms with Crippen LogP contribution in [0.25, 0.3) is 0 Å². The monoisotopic (exact) mass is 356 g/mol. The normalized spacial score (nSPS) is 15.2. The number of hydrogen-bond acceptors (Lipinski definition) is 5. The zero-order chi connectivity index (χ0) is 17.5. The highest BCUT2D eigenvalue weighted by molar-refractivity contribution is 7.99. The number of nitrogens with zero attached hydrogens (tertiary/aromatic N) is 3. The molecule has 1 aromatic carbocycles. The number of rotatable bonds is 6. The van der Waals surface area contributed by atoms with Gasteiger partial charge < -0.3 is 10.2 Å². The fourth-order valence-corrected chi connectivity index (χ4v) is 3.89. The van der Waals surface area contributed by atoms with Gasteiger partial charge in [0, 0.05) is 36.9 Å². The van der Waals surface area contributed by atoms with E-state index < -0.39 is 0 Å². The van der Waals surface area contributed by atoms with E-state index in [2.05, 4.69) is 27.1 Å². The Hall–Kier alpha value is -2.08. The molecule has 1 fully saturated rings. The molecule has 0 saturated carbocycles. The van der Waals surface area contributed by atoms with Gasteiger partial charge in [-0.2, -0.15) is 0 Å². The van der Waals surface area contributed by atoms with E-state index in [0.29, 0.717) is 5.92 Å². The number of hydrogen-bond donors (Lipinski definition) is 1. The number of piperidine rings is 1. The van der Waals surface area contributed by atoms with Crippen molar-refractivity contribution in [2.24, 2.45) is 5.92 Å². The first kappa shape index (κ1) is 17.7. The van der Waals surface area contributed by atoms with Crippen LogP contribution in [0.15, 0.2) is 47.8 Å². The fourth-order valence-electron chi connectivity index (χ4n) is 3.09. The Balaban J connectivity index is 1.49. The molecule has 1 aromatic heterocycles. The van der Waals surface area contributed by atoms with E-state index in [9.17, 15) is 4.79 Å². The van der Waals surface area contributed by atoms with Crippen LogP contribution in [0.1, 0.15) is 30.1 Å². The molecule has 2 heterocycles.